The monoisotopic (exact) mass is 469 g/mol. The van der Waals surface area contributed by atoms with Gasteiger partial charge in [0.25, 0.3) is 15.9 Å². The normalized spacial score (nSPS) is 12.8. The quantitative estimate of drug-likeness (QED) is 0.324. The Kier molecular flexibility index (Phi) is 5.86. The van der Waals surface area contributed by atoms with E-state index in [9.17, 15) is 13.2 Å². The van der Waals surface area contributed by atoms with Crippen LogP contribution >= 0.6 is 0 Å². The number of hydrogen-bond donors (Lipinski definition) is 1. The third-order valence-corrected chi connectivity index (χ3v) is 7.75. The number of hydrogen-bond acceptors (Lipinski definition) is 4. The molecule has 4 aromatic rings. The second-order valence-electron chi connectivity index (χ2n) is 8.11. The molecule has 4 aromatic carbocycles. The summed E-state index contributed by atoms with van der Waals surface area (Å²) in [6, 6.07) is 27.0. The van der Waals surface area contributed by atoms with E-state index >= 15 is 0 Å². The zero-order chi connectivity index (χ0) is 23.5. The van der Waals surface area contributed by atoms with Gasteiger partial charge in [0.15, 0.2) is 0 Å². The molecule has 0 fully saturated rings. The molecule has 0 saturated carbocycles. The van der Waals surface area contributed by atoms with Gasteiger partial charge in [0, 0.05) is 5.56 Å². The van der Waals surface area contributed by atoms with Crippen LogP contribution in [0.2, 0.25) is 0 Å². The van der Waals surface area contributed by atoms with Crippen molar-refractivity contribution in [2.45, 2.75) is 17.7 Å². The van der Waals surface area contributed by atoms with Gasteiger partial charge in [0.05, 0.1) is 16.8 Å². The SMILES string of the molecule is O=C(CN(c1ccccc1)S(=O)(=O)c1ccccc1)N/N=C\c1ccc2c3c(cccc13)CC2. The minimum Gasteiger partial charge on any atom is -0.271 e. The average molecular weight is 470 g/mol. The van der Waals surface area contributed by atoms with Crippen LogP contribution < -0.4 is 9.73 Å². The number of para-hydroxylation sites is 1. The van der Waals surface area contributed by atoms with E-state index in [2.05, 4.69) is 28.7 Å². The van der Waals surface area contributed by atoms with Gasteiger partial charge in [0.1, 0.15) is 6.54 Å². The van der Waals surface area contributed by atoms with Gasteiger partial charge in [-0.15, -0.1) is 0 Å². The van der Waals surface area contributed by atoms with Crippen molar-refractivity contribution >= 4 is 38.6 Å². The zero-order valence-corrected chi connectivity index (χ0v) is 19.2. The van der Waals surface area contributed by atoms with E-state index in [4.69, 9.17) is 0 Å². The van der Waals surface area contributed by atoms with E-state index in [1.165, 1.54) is 28.6 Å². The van der Waals surface area contributed by atoms with Crippen molar-refractivity contribution in [3.8, 4) is 0 Å². The van der Waals surface area contributed by atoms with Crippen molar-refractivity contribution in [2.75, 3.05) is 10.8 Å². The van der Waals surface area contributed by atoms with Crippen LogP contribution in [0.15, 0.2) is 101 Å². The molecule has 0 unspecified atom stereocenters. The highest BCUT2D eigenvalue weighted by Crippen LogP contribution is 2.32. The topological polar surface area (TPSA) is 78.8 Å². The van der Waals surface area contributed by atoms with Gasteiger partial charge in [-0.1, -0.05) is 66.7 Å². The number of rotatable bonds is 7. The van der Waals surface area contributed by atoms with Gasteiger partial charge in [-0.05, 0) is 59.0 Å². The van der Waals surface area contributed by atoms with Crippen LogP contribution in [0.3, 0.4) is 0 Å². The number of amides is 1. The van der Waals surface area contributed by atoms with Crippen molar-refractivity contribution in [1.29, 1.82) is 0 Å². The third kappa shape index (κ3) is 4.18. The van der Waals surface area contributed by atoms with Gasteiger partial charge in [0.2, 0.25) is 0 Å². The van der Waals surface area contributed by atoms with E-state index in [0.29, 0.717) is 5.69 Å². The molecule has 0 spiro atoms. The smallest absolute Gasteiger partial charge is 0.264 e. The molecular formula is C27H23N3O3S. The van der Waals surface area contributed by atoms with E-state index in [0.717, 1.165) is 28.1 Å². The fourth-order valence-electron chi connectivity index (χ4n) is 4.35. The van der Waals surface area contributed by atoms with Crippen molar-refractivity contribution in [3.63, 3.8) is 0 Å². The molecule has 0 atom stereocenters. The number of anilines is 1. The number of carbonyl (C=O) groups excluding carboxylic acids is 1. The summed E-state index contributed by atoms with van der Waals surface area (Å²) in [6.45, 7) is -0.400. The highest BCUT2D eigenvalue weighted by molar-refractivity contribution is 7.92. The number of hydrazone groups is 1. The molecule has 1 aliphatic rings. The Balaban J connectivity index is 1.37. The fraction of sp³-hybridized carbons (Fsp3) is 0.111. The Hall–Kier alpha value is -3.97. The maximum absolute atomic E-state index is 13.3. The first kappa shape index (κ1) is 21.9. The van der Waals surface area contributed by atoms with Crippen LogP contribution in [-0.4, -0.2) is 27.1 Å². The van der Waals surface area contributed by atoms with Crippen molar-refractivity contribution in [1.82, 2.24) is 5.43 Å². The Labute approximate surface area is 198 Å². The molecule has 0 radical (unpaired) electrons. The van der Waals surface area contributed by atoms with Gasteiger partial charge < -0.3 is 0 Å². The summed E-state index contributed by atoms with van der Waals surface area (Å²) in [5.41, 5.74) is 6.45. The highest BCUT2D eigenvalue weighted by atomic mass is 32.2. The first-order valence-corrected chi connectivity index (χ1v) is 12.5. The van der Waals surface area contributed by atoms with Gasteiger partial charge >= 0.3 is 0 Å². The summed E-state index contributed by atoms with van der Waals surface area (Å²) in [5, 5.41) is 6.49. The number of sulfonamides is 1. The lowest BCUT2D eigenvalue weighted by Gasteiger charge is -2.23. The molecular weight excluding hydrogens is 446 g/mol. The molecule has 7 heteroatoms. The summed E-state index contributed by atoms with van der Waals surface area (Å²) in [6.07, 6.45) is 3.68. The van der Waals surface area contributed by atoms with Crippen molar-refractivity contribution < 1.29 is 13.2 Å². The van der Waals surface area contributed by atoms with E-state index in [1.807, 2.05) is 12.1 Å². The molecule has 0 aliphatic heterocycles. The Morgan fingerprint density at radius 3 is 2.26 bits per heavy atom. The molecule has 0 bridgehead atoms. The fourth-order valence-corrected chi connectivity index (χ4v) is 5.79. The molecule has 5 rings (SSSR count). The van der Waals surface area contributed by atoms with Gasteiger partial charge in [-0.3, -0.25) is 9.10 Å². The van der Waals surface area contributed by atoms with Crippen LogP contribution in [0.25, 0.3) is 10.8 Å². The molecule has 1 N–H and O–H groups in total. The largest absolute Gasteiger partial charge is 0.271 e. The maximum atomic E-state index is 13.3. The Morgan fingerprint density at radius 2 is 1.53 bits per heavy atom. The number of carbonyl (C=O) groups is 1. The van der Waals surface area contributed by atoms with E-state index in [1.54, 1.807) is 54.7 Å². The molecule has 6 nitrogen and oxygen atoms in total. The predicted molar refractivity (Wildman–Crippen MR) is 135 cm³/mol. The molecule has 0 aromatic heterocycles. The molecule has 1 aliphatic carbocycles. The summed E-state index contributed by atoms with van der Waals surface area (Å²) in [5.74, 6) is -0.537. The van der Waals surface area contributed by atoms with Crippen LogP contribution in [-0.2, 0) is 27.7 Å². The zero-order valence-electron chi connectivity index (χ0n) is 18.4. The Bertz CT molecular complexity index is 1470. The number of benzene rings is 4. The Morgan fingerprint density at radius 1 is 0.853 bits per heavy atom. The van der Waals surface area contributed by atoms with Gasteiger partial charge in [-0.2, -0.15) is 5.10 Å². The van der Waals surface area contributed by atoms with Crippen molar-refractivity contribution in [3.05, 3.63) is 108 Å². The second kappa shape index (κ2) is 9.11. The van der Waals surface area contributed by atoms with E-state index < -0.39 is 22.5 Å². The summed E-state index contributed by atoms with van der Waals surface area (Å²) < 4.78 is 27.7. The van der Waals surface area contributed by atoms with Crippen LogP contribution in [0.1, 0.15) is 16.7 Å². The van der Waals surface area contributed by atoms with E-state index in [-0.39, 0.29) is 4.90 Å². The number of aryl methyl sites for hydroxylation is 2. The molecule has 170 valence electrons. The van der Waals surface area contributed by atoms with Crippen molar-refractivity contribution in [2.24, 2.45) is 5.10 Å². The highest BCUT2D eigenvalue weighted by Gasteiger charge is 2.26. The first-order chi connectivity index (χ1) is 16.5. The lowest BCUT2D eigenvalue weighted by Crippen LogP contribution is -2.39. The standard InChI is InChI=1S/C27H23N3O3S/c31-26(29-28-18-22-17-16-21-15-14-20-8-7-13-25(22)27(20)21)19-30(23-9-3-1-4-10-23)34(32,33)24-11-5-2-6-12-24/h1-13,16-18H,14-15,19H2,(H,29,31)/b28-18-. The summed E-state index contributed by atoms with van der Waals surface area (Å²) in [7, 11) is -3.94. The predicted octanol–water partition coefficient (Wildman–Crippen LogP) is 4.28. The lowest BCUT2D eigenvalue weighted by atomic mass is 10.0. The second-order valence-corrected chi connectivity index (χ2v) is 9.97. The molecule has 0 heterocycles. The summed E-state index contributed by atoms with van der Waals surface area (Å²) in [4.78, 5) is 12.9. The first-order valence-electron chi connectivity index (χ1n) is 11.0. The minimum atomic E-state index is -3.94. The maximum Gasteiger partial charge on any atom is 0.264 e. The third-order valence-electron chi connectivity index (χ3n) is 5.97. The van der Waals surface area contributed by atoms with Crippen LogP contribution in [0, 0.1) is 0 Å². The molecule has 0 saturated heterocycles. The average Bonchev–Trinajstić information content (AvgIpc) is 3.29. The van der Waals surface area contributed by atoms with Gasteiger partial charge in [-0.25, -0.2) is 13.8 Å². The molecule has 1 amide bonds. The lowest BCUT2D eigenvalue weighted by molar-refractivity contribution is -0.119. The van der Waals surface area contributed by atoms with Crippen LogP contribution in [0.4, 0.5) is 5.69 Å². The minimum absolute atomic E-state index is 0.114. The number of nitrogens with zero attached hydrogens (tertiary/aromatic N) is 2. The molecule has 34 heavy (non-hydrogen) atoms. The number of nitrogens with one attached hydrogen (secondary N) is 1. The van der Waals surface area contributed by atoms with Crippen LogP contribution in [0.5, 0.6) is 0 Å². The summed E-state index contributed by atoms with van der Waals surface area (Å²) >= 11 is 0.